The van der Waals surface area contributed by atoms with E-state index in [4.69, 9.17) is 0 Å². The predicted octanol–water partition coefficient (Wildman–Crippen LogP) is 3.47. The van der Waals surface area contributed by atoms with Gasteiger partial charge in [-0.2, -0.15) is 0 Å². The number of hydrogen-bond acceptors (Lipinski definition) is 0. The first-order valence-electron chi connectivity index (χ1n) is 2.95. The molecule has 0 aliphatic carbocycles. The van der Waals surface area contributed by atoms with Crippen LogP contribution < -0.4 is 0 Å². The van der Waals surface area contributed by atoms with Crippen molar-refractivity contribution in [2.75, 3.05) is 0 Å². The van der Waals surface area contributed by atoms with Crippen molar-refractivity contribution in [1.29, 1.82) is 0 Å². The van der Waals surface area contributed by atoms with Gasteiger partial charge in [-0.05, 0) is 28.1 Å². The van der Waals surface area contributed by atoms with Crippen LogP contribution in [0.15, 0.2) is 12.1 Å². The average molecular weight is 243 g/mol. The van der Waals surface area contributed by atoms with E-state index in [1.807, 2.05) is 0 Å². The largest absolute Gasteiger partial charge is 0.230 e. The molecular formula is C7H3BrF4. The SMILES string of the molecule is Fc1ccc(C(F)Br)c(F)c1F. The van der Waals surface area contributed by atoms with Crippen molar-refractivity contribution >= 4 is 15.9 Å². The summed E-state index contributed by atoms with van der Waals surface area (Å²) < 4.78 is 49.7. The summed E-state index contributed by atoms with van der Waals surface area (Å²) in [6.45, 7) is 0. The maximum atomic E-state index is 12.6. The molecule has 0 amide bonds. The Balaban J connectivity index is 3.27. The van der Waals surface area contributed by atoms with Crippen LogP contribution in [0.4, 0.5) is 17.6 Å². The van der Waals surface area contributed by atoms with E-state index in [1.165, 1.54) is 0 Å². The Hall–Kier alpha value is -0.580. The lowest BCUT2D eigenvalue weighted by Gasteiger charge is -2.03. The van der Waals surface area contributed by atoms with Crippen molar-refractivity contribution in [1.82, 2.24) is 0 Å². The maximum Gasteiger partial charge on any atom is 0.194 e. The summed E-state index contributed by atoms with van der Waals surface area (Å²) in [6.07, 6.45) is 0. The van der Waals surface area contributed by atoms with Crippen molar-refractivity contribution in [3.8, 4) is 0 Å². The molecule has 0 aliphatic rings. The van der Waals surface area contributed by atoms with E-state index in [9.17, 15) is 17.6 Å². The molecule has 1 aromatic rings. The van der Waals surface area contributed by atoms with E-state index in [0.717, 1.165) is 6.07 Å². The van der Waals surface area contributed by atoms with Gasteiger partial charge in [-0.15, -0.1) is 0 Å². The average Bonchev–Trinajstić information content (AvgIpc) is 2.00. The standard InChI is InChI=1S/C7H3BrF4/c8-7(12)3-1-2-4(9)6(11)5(3)10/h1-2,7H. The molecule has 1 unspecified atom stereocenters. The number of benzene rings is 1. The zero-order valence-corrected chi connectivity index (χ0v) is 7.21. The van der Waals surface area contributed by atoms with Crippen molar-refractivity contribution in [2.24, 2.45) is 0 Å². The number of hydrogen-bond donors (Lipinski definition) is 0. The molecule has 0 bridgehead atoms. The smallest absolute Gasteiger partial charge is 0.194 e. The zero-order valence-electron chi connectivity index (χ0n) is 5.62. The van der Waals surface area contributed by atoms with E-state index in [2.05, 4.69) is 15.9 Å². The first kappa shape index (κ1) is 9.51. The molecule has 0 aliphatic heterocycles. The second-order valence-electron chi connectivity index (χ2n) is 2.07. The van der Waals surface area contributed by atoms with Gasteiger partial charge in [-0.3, -0.25) is 0 Å². The van der Waals surface area contributed by atoms with E-state index in [1.54, 1.807) is 0 Å². The van der Waals surface area contributed by atoms with Gasteiger partial charge in [0.1, 0.15) is 0 Å². The van der Waals surface area contributed by atoms with Crippen molar-refractivity contribution in [3.63, 3.8) is 0 Å². The topological polar surface area (TPSA) is 0 Å². The highest BCUT2D eigenvalue weighted by Gasteiger charge is 2.17. The van der Waals surface area contributed by atoms with Crippen molar-refractivity contribution in [3.05, 3.63) is 35.1 Å². The molecule has 0 saturated carbocycles. The Bertz CT molecular complexity index is 298. The van der Waals surface area contributed by atoms with Crippen LogP contribution in [-0.4, -0.2) is 0 Å². The van der Waals surface area contributed by atoms with Gasteiger partial charge in [0.2, 0.25) is 0 Å². The summed E-state index contributed by atoms with van der Waals surface area (Å²) in [5.41, 5.74) is -0.547. The molecule has 1 rings (SSSR count). The monoisotopic (exact) mass is 242 g/mol. The van der Waals surface area contributed by atoms with Crippen molar-refractivity contribution in [2.45, 2.75) is 5.08 Å². The molecule has 0 radical (unpaired) electrons. The molecule has 1 atom stereocenters. The minimum absolute atomic E-state index is 0.547. The van der Waals surface area contributed by atoms with Crippen LogP contribution >= 0.6 is 15.9 Å². The van der Waals surface area contributed by atoms with Gasteiger partial charge < -0.3 is 0 Å². The summed E-state index contributed by atoms with van der Waals surface area (Å²) in [5, 5.41) is -1.83. The molecule has 0 fully saturated rings. The lowest BCUT2D eigenvalue weighted by atomic mass is 10.2. The Kier molecular flexibility index (Phi) is 2.72. The molecule has 0 N–H and O–H groups in total. The minimum Gasteiger partial charge on any atom is -0.230 e. The van der Waals surface area contributed by atoms with Gasteiger partial charge in [0, 0.05) is 5.56 Å². The maximum absolute atomic E-state index is 12.6. The van der Waals surface area contributed by atoms with Gasteiger partial charge in [-0.25, -0.2) is 17.6 Å². The first-order chi connectivity index (χ1) is 5.54. The Morgan fingerprint density at radius 2 is 1.67 bits per heavy atom. The van der Waals surface area contributed by atoms with Gasteiger partial charge in [0.25, 0.3) is 0 Å². The molecule has 0 spiro atoms. The van der Waals surface area contributed by atoms with Crippen LogP contribution in [0.3, 0.4) is 0 Å². The Morgan fingerprint density at radius 1 is 1.08 bits per heavy atom. The van der Waals surface area contributed by atoms with E-state index in [0.29, 0.717) is 6.07 Å². The zero-order chi connectivity index (χ0) is 9.30. The normalized spacial score (nSPS) is 13.1. The van der Waals surface area contributed by atoms with Gasteiger partial charge in [-0.1, -0.05) is 0 Å². The molecular weight excluding hydrogens is 240 g/mol. The number of rotatable bonds is 1. The number of halogens is 5. The van der Waals surface area contributed by atoms with E-state index >= 15 is 0 Å². The van der Waals surface area contributed by atoms with Crippen LogP contribution in [0.5, 0.6) is 0 Å². The van der Waals surface area contributed by atoms with Gasteiger partial charge in [0.05, 0.1) is 0 Å². The summed E-state index contributed by atoms with van der Waals surface area (Å²) in [6, 6.07) is 1.51. The fourth-order valence-corrected chi connectivity index (χ4v) is 1.06. The summed E-state index contributed by atoms with van der Waals surface area (Å²) in [7, 11) is 0. The quantitative estimate of drug-likeness (QED) is 0.402. The second kappa shape index (κ2) is 3.43. The summed E-state index contributed by atoms with van der Waals surface area (Å²) in [5.74, 6) is -4.49. The Morgan fingerprint density at radius 3 is 2.17 bits per heavy atom. The highest BCUT2D eigenvalue weighted by atomic mass is 79.9. The number of alkyl halides is 2. The fraction of sp³-hybridized carbons (Fsp3) is 0.143. The third-order valence-corrected chi connectivity index (χ3v) is 1.79. The molecule has 0 nitrogen and oxygen atoms in total. The van der Waals surface area contributed by atoms with Crippen LogP contribution in [-0.2, 0) is 0 Å². The third-order valence-electron chi connectivity index (χ3n) is 1.30. The Labute approximate surface area is 74.3 Å². The summed E-state index contributed by atoms with van der Waals surface area (Å²) >= 11 is 2.40. The molecule has 0 heterocycles. The van der Waals surface area contributed by atoms with E-state index < -0.39 is 28.1 Å². The highest BCUT2D eigenvalue weighted by Crippen LogP contribution is 2.28. The van der Waals surface area contributed by atoms with Gasteiger partial charge >= 0.3 is 0 Å². The highest BCUT2D eigenvalue weighted by molar-refractivity contribution is 9.09. The molecule has 0 saturated heterocycles. The van der Waals surface area contributed by atoms with Crippen LogP contribution in [0.1, 0.15) is 10.6 Å². The molecule has 66 valence electrons. The third kappa shape index (κ3) is 1.60. The lowest BCUT2D eigenvalue weighted by Crippen LogP contribution is -1.96. The molecule has 0 aromatic heterocycles. The van der Waals surface area contributed by atoms with Crippen LogP contribution in [0.2, 0.25) is 0 Å². The molecule has 12 heavy (non-hydrogen) atoms. The van der Waals surface area contributed by atoms with E-state index in [-0.39, 0.29) is 0 Å². The van der Waals surface area contributed by atoms with Gasteiger partial charge in [0.15, 0.2) is 22.5 Å². The van der Waals surface area contributed by atoms with Crippen molar-refractivity contribution < 1.29 is 17.6 Å². The second-order valence-corrected chi connectivity index (χ2v) is 2.87. The predicted molar refractivity (Wildman–Crippen MR) is 39.1 cm³/mol. The fourth-order valence-electron chi connectivity index (χ4n) is 0.709. The first-order valence-corrected chi connectivity index (χ1v) is 3.87. The summed E-state index contributed by atoms with van der Waals surface area (Å²) in [4.78, 5) is 0. The lowest BCUT2D eigenvalue weighted by molar-refractivity contribution is 0.413. The van der Waals surface area contributed by atoms with Crippen LogP contribution in [0.25, 0.3) is 0 Å². The minimum atomic E-state index is -1.83. The molecule has 5 heteroatoms. The van der Waals surface area contributed by atoms with Crippen LogP contribution in [0, 0.1) is 17.5 Å². The molecule has 1 aromatic carbocycles.